The van der Waals surface area contributed by atoms with Gasteiger partial charge in [-0.25, -0.2) is 0 Å². The minimum absolute atomic E-state index is 0.265. The number of carbonyl (C=O) groups is 2. The molecule has 0 aromatic carbocycles. The summed E-state index contributed by atoms with van der Waals surface area (Å²) in [5.74, 6) is -0.858. The van der Waals surface area contributed by atoms with Crippen molar-refractivity contribution in [2.75, 3.05) is 6.61 Å². The highest BCUT2D eigenvalue weighted by Gasteiger charge is 2.44. The van der Waals surface area contributed by atoms with Crippen LogP contribution in [0.3, 0.4) is 0 Å². The number of amides is 1. The Bertz CT molecular complexity index is 517. The standard InChI is InChI=1S/C24H45NO7/c1-3-4-5-6-7-8-9-10-11-12-13-14-15-16-20(27)31-17-19-22(28)23(29)21(24(30)32-19)25-18(2)26/h19,21-24,28-30H,3-17H2,1-2H3,(H,25,26). The quantitative estimate of drug-likeness (QED) is 0.195. The zero-order valence-electron chi connectivity index (χ0n) is 20.0. The Morgan fingerprint density at radius 3 is 1.81 bits per heavy atom. The third kappa shape index (κ3) is 12.1. The molecule has 0 saturated carbocycles. The lowest BCUT2D eigenvalue weighted by atomic mass is 9.97. The Morgan fingerprint density at radius 2 is 1.31 bits per heavy atom. The number of unbranched alkanes of at least 4 members (excludes halogenated alkanes) is 12. The number of rotatable bonds is 17. The van der Waals surface area contributed by atoms with Crippen molar-refractivity contribution in [2.45, 2.75) is 134 Å². The molecule has 1 aliphatic heterocycles. The minimum atomic E-state index is -1.50. The first-order valence-corrected chi connectivity index (χ1v) is 12.5. The van der Waals surface area contributed by atoms with Crippen LogP contribution in [0.5, 0.6) is 0 Å². The number of ether oxygens (including phenoxy) is 2. The van der Waals surface area contributed by atoms with E-state index >= 15 is 0 Å². The number of nitrogens with one attached hydrogen (secondary N) is 1. The van der Waals surface area contributed by atoms with Crippen molar-refractivity contribution in [3.05, 3.63) is 0 Å². The van der Waals surface area contributed by atoms with Crippen molar-refractivity contribution in [3.63, 3.8) is 0 Å². The molecule has 0 radical (unpaired) electrons. The third-order valence-corrected chi connectivity index (χ3v) is 5.98. The van der Waals surface area contributed by atoms with Gasteiger partial charge >= 0.3 is 5.97 Å². The fourth-order valence-electron chi connectivity index (χ4n) is 4.01. The number of hydrogen-bond acceptors (Lipinski definition) is 7. The normalized spacial score (nSPS) is 25.5. The predicted octanol–water partition coefficient (Wildman–Crippen LogP) is 2.95. The van der Waals surface area contributed by atoms with Gasteiger partial charge in [-0.3, -0.25) is 9.59 Å². The molecule has 1 amide bonds. The van der Waals surface area contributed by atoms with Crippen LogP contribution in [0.1, 0.15) is 104 Å². The minimum Gasteiger partial charge on any atom is -0.463 e. The molecular weight excluding hydrogens is 414 g/mol. The van der Waals surface area contributed by atoms with Crippen molar-refractivity contribution >= 4 is 11.9 Å². The highest BCUT2D eigenvalue weighted by Crippen LogP contribution is 2.21. The maximum Gasteiger partial charge on any atom is 0.305 e. The smallest absolute Gasteiger partial charge is 0.305 e. The van der Waals surface area contributed by atoms with E-state index in [1.165, 1.54) is 71.1 Å². The molecular formula is C24H45NO7. The van der Waals surface area contributed by atoms with E-state index < -0.39 is 42.5 Å². The molecule has 8 heteroatoms. The molecule has 188 valence electrons. The van der Waals surface area contributed by atoms with E-state index in [-0.39, 0.29) is 6.61 Å². The molecule has 1 aliphatic rings. The average molecular weight is 460 g/mol. The van der Waals surface area contributed by atoms with Crippen molar-refractivity contribution in [1.82, 2.24) is 5.32 Å². The van der Waals surface area contributed by atoms with E-state index in [9.17, 15) is 24.9 Å². The Balaban J connectivity index is 2.03. The maximum absolute atomic E-state index is 11.9. The van der Waals surface area contributed by atoms with Crippen LogP contribution in [-0.4, -0.2) is 64.4 Å². The molecule has 0 aromatic rings. The van der Waals surface area contributed by atoms with Gasteiger partial charge in [-0.05, 0) is 6.42 Å². The summed E-state index contributed by atoms with van der Waals surface area (Å²) in [6, 6.07) is -1.14. The second kappa shape index (κ2) is 17.3. The SMILES string of the molecule is CCCCCCCCCCCCCCCC(=O)OCC1OC(O)C(NC(C)=O)C(O)C1O. The van der Waals surface area contributed by atoms with Gasteiger partial charge in [0.25, 0.3) is 0 Å². The zero-order valence-corrected chi connectivity index (χ0v) is 20.0. The summed E-state index contributed by atoms with van der Waals surface area (Å²) in [6.07, 6.45) is 10.9. The van der Waals surface area contributed by atoms with Crippen LogP contribution in [0.15, 0.2) is 0 Å². The largest absolute Gasteiger partial charge is 0.463 e. The summed E-state index contributed by atoms with van der Waals surface area (Å²) in [4.78, 5) is 23.1. The molecule has 0 bridgehead atoms. The van der Waals surface area contributed by atoms with Crippen LogP contribution in [0, 0.1) is 0 Å². The van der Waals surface area contributed by atoms with Crippen LogP contribution in [-0.2, 0) is 19.1 Å². The first-order valence-electron chi connectivity index (χ1n) is 12.5. The van der Waals surface area contributed by atoms with Crippen LogP contribution >= 0.6 is 0 Å². The summed E-state index contributed by atoms with van der Waals surface area (Å²) < 4.78 is 10.3. The van der Waals surface area contributed by atoms with Crippen LogP contribution < -0.4 is 5.32 Å². The second-order valence-corrected chi connectivity index (χ2v) is 8.95. The molecule has 32 heavy (non-hydrogen) atoms. The van der Waals surface area contributed by atoms with Gasteiger partial charge in [0.1, 0.15) is 31.0 Å². The molecule has 4 N–H and O–H groups in total. The summed E-state index contributed by atoms with van der Waals surface area (Å²) >= 11 is 0. The van der Waals surface area contributed by atoms with Gasteiger partial charge in [0.2, 0.25) is 5.91 Å². The molecule has 1 rings (SSSR count). The zero-order chi connectivity index (χ0) is 23.8. The first-order chi connectivity index (χ1) is 15.4. The Kier molecular flexibility index (Phi) is 15.6. The third-order valence-electron chi connectivity index (χ3n) is 5.98. The maximum atomic E-state index is 11.9. The van der Waals surface area contributed by atoms with Gasteiger partial charge < -0.3 is 30.1 Å². The van der Waals surface area contributed by atoms with Gasteiger partial charge in [-0.2, -0.15) is 0 Å². The fraction of sp³-hybridized carbons (Fsp3) is 0.917. The van der Waals surface area contributed by atoms with E-state index in [1.807, 2.05) is 0 Å². The van der Waals surface area contributed by atoms with Gasteiger partial charge in [-0.1, -0.05) is 84.0 Å². The summed E-state index contributed by atoms with van der Waals surface area (Å²) in [5.41, 5.74) is 0. The number of aliphatic hydroxyl groups excluding tert-OH is 3. The molecule has 5 atom stereocenters. The number of carbonyl (C=O) groups excluding carboxylic acids is 2. The molecule has 0 spiro atoms. The average Bonchev–Trinajstić information content (AvgIpc) is 2.75. The molecule has 0 aliphatic carbocycles. The van der Waals surface area contributed by atoms with Gasteiger partial charge in [0.15, 0.2) is 6.29 Å². The Morgan fingerprint density at radius 1 is 0.812 bits per heavy atom. The van der Waals surface area contributed by atoms with Gasteiger partial charge in [0, 0.05) is 13.3 Å². The predicted molar refractivity (Wildman–Crippen MR) is 122 cm³/mol. The van der Waals surface area contributed by atoms with E-state index in [0.29, 0.717) is 6.42 Å². The highest BCUT2D eigenvalue weighted by atomic mass is 16.6. The number of aliphatic hydroxyl groups is 3. The lowest BCUT2D eigenvalue weighted by molar-refractivity contribution is -0.255. The van der Waals surface area contributed by atoms with E-state index in [4.69, 9.17) is 9.47 Å². The molecule has 1 fully saturated rings. The van der Waals surface area contributed by atoms with Crippen LogP contribution in [0.2, 0.25) is 0 Å². The Hall–Kier alpha value is -1.22. The molecule has 0 aromatic heterocycles. The first kappa shape index (κ1) is 28.8. The second-order valence-electron chi connectivity index (χ2n) is 8.95. The molecule has 1 saturated heterocycles. The topological polar surface area (TPSA) is 125 Å². The van der Waals surface area contributed by atoms with Crippen molar-refractivity contribution < 1.29 is 34.4 Å². The van der Waals surface area contributed by atoms with E-state index in [1.54, 1.807) is 0 Å². The molecule has 1 heterocycles. The van der Waals surface area contributed by atoms with Crippen molar-refractivity contribution in [3.8, 4) is 0 Å². The van der Waals surface area contributed by atoms with Gasteiger partial charge in [-0.15, -0.1) is 0 Å². The molecule has 8 nitrogen and oxygen atoms in total. The number of hydrogen-bond donors (Lipinski definition) is 4. The summed E-state index contributed by atoms with van der Waals surface area (Å²) in [5, 5.41) is 32.5. The Labute approximate surface area is 193 Å². The highest BCUT2D eigenvalue weighted by molar-refractivity contribution is 5.73. The van der Waals surface area contributed by atoms with Crippen molar-refractivity contribution in [2.24, 2.45) is 0 Å². The summed E-state index contributed by atoms with van der Waals surface area (Å²) in [7, 11) is 0. The summed E-state index contributed by atoms with van der Waals surface area (Å²) in [6.45, 7) is 3.21. The van der Waals surface area contributed by atoms with E-state index in [2.05, 4.69) is 12.2 Å². The van der Waals surface area contributed by atoms with Gasteiger partial charge in [0.05, 0.1) is 0 Å². The van der Waals surface area contributed by atoms with Crippen LogP contribution in [0.4, 0.5) is 0 Å². The monoisotopic (exact) mass is 459 g/mol. The number of esters is 1. The van der Waals surface area contributed by atoms with Crippen molar-refractivity contribution in [1.29, 1.82) is 0 Å². The van der Waals surface area contributed by atoms with E-state index in [0.717, 1.165) is 19.3 Å². The molecule has 5 unspecified atom stereocenters. The lowest BCUT2D eigenvalue weighted by Gasteiger charge is -2.40. The van der Waals surface area contributed by atoms with Crippen LogP contribution in [0.25, 0.3) is 0 Å². The fourth-order valence-corrected chi connectivity index (χ4v) is 4.01. The lowest BCUT2D eigenvalue weighted by Crippen LogP contribution is -2.64.